The van der Waals surface area contributed by atoms with Crippen molar-refractivity contribution in [2.45, 2.75) is 26.6 Å². The molecule has 1 aliphatic heterocycles. The summed E-state index contributed by atoms with van der Waals surface area (Å²) in [6.45, 7) is 8.37. The molecule has 0 aromatic heterocycles. The van der Waals surface area contributed by atoms with E-state index in [1.807, 2.05) is 0 Å². The highest BCUT2D eigenvalue weighted by atomic mass is 16.7. The lowest BCUT2D eigenvalue weighted by Crippen LogP contribution is -2.41. The molecule has 1 heterocycles. The van der Waals surface area contributed by atoms with E-state index in [4.69, 9.17) is 9.47 Å². The smallest absolute Gasteiger partial charge is 0.348 e. The quantitative estimate of drug-likeness (QED) is 0.391. The molecule has 4 nitrogen and oxygen atoms in total. The maximum atomic E-state index is 11.4. The molecule has 0 aliphatic carbocycles. The van der Waals surface area contributed by atoms with E-state index in [9.17, 15) is 9.59 Å². The van der Waals surface area contributed by atoms with E-state index >= 15 is 0 Å². The SMILES string of the molecule is [CH2][C](C)[CH]C=C1C(=O)OC(C)(C)OC1=O. The van der Waals surface area contributed by atoms with Crippen LogP contribution in [0.1, 0.15) is 20.8 Å². The van der Waals surface area contributed by atoms with Crippen molar-refractivity contribution < 1.29 is 19.1 Å². The van der Waals surface area contributed by atoms with Gasteiger partial charge in [-0.2, -0.15) is 0 Å². The van der Waals surface area contributed by atoms with Crippen LogP contribution in [-0.4, -0.2) is 17.7 Å². The molecule has 0 bridgehead atoms. The van der Waals surface area contributed by atoms with Gasteiger partial charge in [-0.25, -0.2) is 9.59 Å². The van der Waals surface area contributed by atoms with Crippen molar-refractivity contribution >= 4 is 11.9 Å². The van der Waals surface area contributed by atoms with Gasteiger partial charge in [0.2, 0.25) is 0 Å². The Hall–Kier alpha value is -1.32. The Morgan fingerprint density at radius 2 is 1.73 bits per heavy atom. The summed E-state index contributed by atoms with van der Waals surface area (Å²) in [4.78, 5) is 22.8. The first kappa shape index (κ1) is 11.8. The molecule has 81 valence electrons. The second-order valence-electron chi connectivity index (χ2n) is 3.77. The minimum absolute atomic E-state index is 0.114. The Kier molecular flexibility index (Phi) is 3.17. The second kappa shape index (κ2) is 4.04. The number of hydrogen-bond donors (Lipinski definition) is 0. The topological polar surface area (TPSA) is 52.6 Å². The van der Waals surface area contributed by atoms with Crippen LogP contribution in [0.5, 0.6) is 0 Å². The summed E-state index contributed by atoms with van der Waals surface area (Å²) in [5.41, 5.74) is -0.114. The molecule has 0 saturated carbocycles. The lowest BCUT2D eigenvalue weighted by Gasteiger charge is -2.29. The molecule has 15 heavy (non-hydrogen) atoms. The monoisotopic (exact) mass is 209 g/mol. The summed E-state index contributed by atoms with van der Waals surface area (Å²) >= 11 is 0. The highest BCUT2D eigenvalue weighted by Gasteiger charge is 2.38. The maximum absolute atomic E-state index is 11.4. The molecule has 3 radical (unpaired) electrons. The van der Waals surface area contributed by atoms with Crippen molar-refractivity contribution in [2.75, 3.05) is 0 Å². The minimum atomic E-state index is -1.19. The number of cyclic esters (lactones) is 2. The van der Waals surface area contributed by atoms with Crippen molar-refractivity contribution in [1.82, 2.24) is 0 Å². The summed E-state index contributed by atoms with van der Waals surface area (Å²) in [6.07, 6.45) is 2.90. The maximum Gasteiger partial charge on any atom is 0.348 e. The van der Waals surface area contributed by atoms with Gasteiger partial charge >= 0.3 is 11.9 Å². The van der Waals surface area contributed by atoms with Crippen molar-refractivity contribution in [3.63, 3.8) is 0 Å². The van der Waals surface area contributed by atoms with Gasteiger partial charge in [0.1, 0.15) is 5.57 Å². The predicted molar refractivity (Wildman–Crippen MR) is 52.9 cm³/mol. The third-order valence-corrected chi connectivity index (χ3v) is 1.65. The van der Waals surface area contributed by atoms with Gasteiger partial charge in [-0.15, -0.1) is 0 Å². The fourth-order valence-electron chi connectivity index (χ4n) is 1.02. The van der Waals surface area contributed by atoms with Crippen LogP contribution in [0.2, 0.25) is 0 Å². The van der Waals surface area contributed by atoms with E-state index in [1.165, 1.54) is 19.9 Å². The Morgan fingerprint density at radius 1 is 1.27 bits per heavy atom. The van der Waals surface area contributed by atoms with E-state index in [0.717, 1.165) is 5.92 Å². The number of carbonyl (C=O) groups excluding carboxylic acids is 2. The third-order valence-electron chi connectivity index (χ3n) is 1.65. The number of esters is 2. The third kappa shape index (κ3) is 3.08. The zero-order valence-electron chi connectivity index (χ0n) is 8.99. The Morgan fingerprint density at radius 3 is 2.13 bits per heavy atom. The highest BCUT2D eigenvalue weighted by Crippen LogP contribution is 2.23. The van der Waals surface area contributed by atoms with Crippen LogP contribution in [0, 0.1) is 19.3 Å². The molecular formula is C11H13O4. The molecule has 0 aromatic rings. The highest BCUT2D eigenvalue weighted by molar-refractivity contribution is 6.15. The molecule has 0 atom stereocenters. The summed E-state index contributed by atoms with van der Waals surface area (Å²) in [7, 11) is 0. The van der Waals surface area contributed by atoms with E-state index in [-0.39, 0.29) is 5.57 Å². The lowest BCUT2D eigenvalue weighted by molar-refractivity contribution is -0.222. The normalized spacial score (nSPS) is 19.9. The molecule has 4 heteroatoms. The van der Waals surface area contributed by atoms with Gasteiger partial charge in [-0.1, -0.05) is 13.0 Å². The van der Waals surface area contributed by atoms with Gasteiger partial charge in [0, 0.05) is 13.8 Å². The first-order valence-electron chi connectivity index (χ1n) is 4.49. The molecule has 1 saturated heterocycles. The van der Waals surface area contributed by atoms with Crippen molar-refractivity contribution in [1.29, 1.82) is 0 Å². The number of ether oxygens (including phenoxy) is 2. The second-order valence-corrected chi connectivity index (χ2v) is 3.77. The minimum Gasteiger partial charge on any atom is -0.419 e. The summed E-state index contributed by atoms with van der Waals surface area (Å²) < 4.78 is 9.78. The Balaban J connectivity index is 2.80. The summed E-state index contributed by atoms with van der Waals surface area (Å²) in [5, 5.41) is 0. The molecule has 1 rings (SSSR count). The van der Waals surface area contributed by atoms with E-state index in [0.29, 0.717) is 0 Å². The van der Waals surface area contributed by atoms with E-state index in [2.05, 4.69) is 6.92 Å². The molecule has 0 unspecified atom stereocenters. The molecule has 0 aromatic carbocycles. The number of rotatable bonds is 2. The molecule has 1 aliphatic rings. The molecule has 1 fully saturated rings. The van der Waals surface area contributed by atoms with Crippen LogP contribution in [0.3, 0.4) is 0 Å². The van der Waals surface area contributed by atoms with E-state index < -0.39 is 17.7 Å². The van der Waals surface area contributed by atoms with Gasteiger partial charge in [0.25, 0.3) is 5.79 Å². The first-order chi connectivity index (χ1) is 6.82. The average Bonchev–Trinajstić information content (AvgIpc) is 1.98. The number of allylic oxidation sites excluding steroid dienone is 1. The molecule has 0 amide bonds. The number of hydrogen-bond acceptors (Lipinski definition) is 4. The zero-order valence-corrected chi connectivity index (χ0v) is 8.99. The largest absolute Gasteiger partial charge is 0.419 e. The fourth-order valence-corrected chi connectivity index (χ4v) is 1.02. The summed E-state index contributed by atoms with van der Waals surface area (Å²) in [6, 6.07) is 0. The average molecular weight is 209 g/mol. The van der Waals surface area contributed by atoms with Crippen LogP contribution < -0.4 is 0 Å². The van der Waals surface area contributed by atoms with Crippen molar-refractivity contribution in [3.8, 4) is 0 Å². The standard InChI is InChI=1S/C11H13O4/c1-7(2)5-6-8-9(12)14-11(3,4)15-10(8)13/h5-6H,1H2,2-4H3. The van der Waals surface area contributed by atoms with Gasteiger partial charge in [0.05, 0.1) is 0 Å². The van der Waals surface area contributed by atoms with Crippen LogP contribution >= 0.6 is 0 Å². The zero-order chi connectivity index (χ0) is 11.6. The molecular weight excluding hydrogens is 196 g/mol. The Bertz CT molecular complexity index is 291. The van der Waals surface area contributed by atoms with Gasteiger partial charge in [-0.3, -0.25) is 0 Å². The van der Waals surface area contributed by atoms with Gasteiger partial charge in [0.15, 0.2) is 0 Å². The number of carbonyl (C=O) groups is 2. The van der Waals surface area contributed by atoms with Crippen molar-refractivity contribution in [3.05, 3.63) is 30.9 Å². The molecule has 0 spiro atoms. The van der Waals surface area contributed by atoms with Gasteiger partial charge < -0.3 is 9.47 Å². The summed E-state index contributed by atoms with van der Waals surface area (Å²) in [5.74, 6) is -1.80. The van der Waals surface area contributed by atoms with Crippen LogP contribution in [0.4, 0.5) is 0 Å². The van der Waals surface area contributed by atoms with Crippen molar-refractivity contribution in [2.24, 2.45) is 0 Å². The van der Waals surface area contributed by atoms with E-state index in [1.54, 1.807) is 13.3 Å². The van der Waals surface area contributed by atoms with Crippen LogP contribution in [-0.2, 0) is 19.1 Å². The predicted octanol–water partition coefficient (Wildman–Crippen LogP) is 1.38. The lowest BCUT2D eigenvalue weighted by atomic mass is 10.1. The van der Waals surface area contributed by atoms with Crippen LogP contribution in [0.15, 0.2) is 11.6 Å². The van der Waals surface area contributed by atoms with Crippen LogP contribution in [0.25, 0.3) is 0 Å². The fraction of sp³-hybridized carbons (Fsp3) is 0.364. The van der Waals surface area contributed by atoms with Gasteiger partial charge in [-0.05, 0) is 19.3 Å². The first-order valence-corrected chi connectivity index (χ1v) is 4.49. The Labute approximate surface area is 89.2 Å². The molecule has 0 N–H and O–H groups in total.